The molecule has 1 aliphatic rings. The fourth-order valence-electron chi connectivity index (χ4n) is 1.51. The zero-order chi connectivity index (χ0) is 8.97. The number of carbonyl (C=O) groups excluding carboxylic acids is 1. The van der Waals surface area contributed by atoms with E-state index >= 15 is 0 Å². The number of piperidine rings is 1. The molecular weight excluding hydrogens is 156 g/mol. The molecule has 1 fully saturated rings. The standard InChI is InChI=1S/C8H16N2O2/c1-2-10-5-3-7(4-6-10)12-8(9)11/h7H,2-6H2,1H3,(H2,9,11). The average molecular weight is 172 g/mol. The molecule has 0 saturated carbocycles. The van der Waals surface area contributed by atoms with E-state index in [1.807, 2.05) is 0 Å². The monoisotopic (exact) mass is 172 g/mol. The first-order valence-corrected chi connectivity index (χ1v) is 4.40. The van der Waals surface area contributed by atoms with Gasteiger partial charge in [0.1, 0.15) is 6.10 Å². The molecule has 70 valence electrons. The van der Waals surface area contributed by atoms with Crippen molar-refractivity contribution in [2.45, 2.75) is 25.9 Å². The first kappa shape index (κ1) is 9.32. The normalized spacial score (nSPS) is 20.8. The third-order valence-corrected chi connectivity index (χ3v) is 2.26. The number of ether oxygens (including phenoxy) is 1. The molecule has 0 atom stereocenters. The van der Waals surface area contributed by atoms with Gasteiger partial charge in [0.2, 0.25) is 0 Å². The van der Waals surface area contributed by atoms with Gasteiger partial charge in [-0.25, -0.2) is 4.79 Å². The molecule has 0 unspecified atom stereocenters. The predicted octanol–water partition coefficient (Wildman–Crippen LogP) is 0.566. The van der Waals surface area contributed by atoms with Crippen LogP contribution in [-0.4, -0.2) is 36.7 Å². The van der Waals surface area contributed by atoms with E-state index in [0.717, 1.165) is 32.5 Å². The maximum Gasteiger partial charge on any atom is 0.404 e. The minimum Gasteiger partial charge on any atom is -0.446 e. The van der Waals surface area contributed by atoms with Gasteiger partial charge in [0.05, 0.1) is 0 Å². The van der Waals surface area contributed by atoms with E-state index in [1.54, 1.807) is 0 Å². The van der Waals surface area contributed by atoms with Crippen molar-refractivity contribution in [3.05, 3.63) is 0 Å². The van der Waals surface area contributed by atoms with Crippen molar-refractivity contribution in [3.63, 3.8) is 0 Å². The van der Waals surface area contributed by atoms with E-state index in [9.17, 15) is 4.79 Å². The van der Waals surface area contributed by atoms with Crippen molar-refractivity contribution in [1.29, 1.82) is 0 Å². The molecule has 1 aliphatic heterocycles. The maximum absolute atomic E-state index is 10.4. The smallest absolute Gasteiger partial charge is 0.404 e. The van der Waals surface area contributed by atoms with Gasteiger partial charge >= 0.3 is 6.09 Å². The van der Waals surface area contributed by atoms with Gasteiger partial charge in [0.25, 0.3) is 0 Å². The number of likely N-dealkylation sites (tertiary alicyclic amines) is 1. The Kier molecular flexibility index (Phi) is 3.34. The summed E-state index contributed by atoms with van der Waals surface area (Å²) in [6, 6.07) is 0. The Bertz CT molecular complexity index is 153. The molecular formula is C8H16N2O2. The van der Waals surface area contributed by atoms with Crippen LogP contribution < -0.4 is 5.73 Å². The van der Waals surface area contributed by atoms with E-state index in [-0.39, 0.29) is 6.10 Å². The average Bonchev–Trinajstić information content (AvgIpc) is 2.05. The van der Waals surface area contributed by atoms with Crippen LogP contribution >= 0.6 is 0 Å². The summed E-state index contributed by atoms with van der Waals surface area (Å²) < 4.78 is 4.90. The van der Waals surface area contributed by atoms with E-state index < -0.39 is 6.09 Å². The SMILES string of the molecule is CCN1CCC(OC(N)=O)CC1. The second-order valence-corrected chi connectivity index (χ2v) is 3.07. The Morgan fingerprint density at radius 1 is 1.58 bits per heavy atom. The van der Waals surface area contributed by atoms with Crippen LogP contribution in [0.25, 0.3) is 0 Å². The summed E-state index contributed by atoms with van der Waals surface area (Å²) in [5, 5.41) is 0. The minimum atomic E-state index is -0.648. The Labute approximate surface area is 72.7 Å². The second kappa shape index (κ2) is 4.30. The number of hydrogen-bond donors (Lipinski definition) is 1. The summed E-state index contributed by atoms with van der Waals surface area (Å²) in [7, 11) is 0. The highest BCUT2D eigenvalue weighted by atomic mass is 16.6. The molecule has 4 nitrogen and oxygen atoms in total. The van der Waals surface area contributed by atoms with Crippen LogP contribution in [0.4, 0.5) is 4.79 Å². The summed E-state index contributed by atoms with van der Waals surface area (Å²) in [5.74, 6) is 0. The molecule has 2 N–H and O–H groups in total. The molecule has 1 amide bonds. The van der Waals surface area contributed by atoms with Crippen LogP contribution in [0.15, 0.2) is 0 Å². The number of amides is 1. The predicted molar refractivity (Wildman–Crippen MR) is 45.8 cm³/mol. The van der Waals surface area contributed by atoms with E-state index in [0.29, 0.717) is 0 Å². The topological polar surface area (TPSA) is 55.6 Å². The van der Waals surface area contributed by atoms with Crippen molar-refractivity contribution in [3.8, 4) is 0 Å². The Hall–Kier alpha value is -0.770. The lowest BCUT2D eigenvalue weighted by atomic mass is 10.1. The fraction of sp³-hybridized carbons (Fsp3) is 0.875. The first-order chi connectivity index (χ1) is 5.72. The van der Waals surface area contributed by atoms with Gasteiger partial charge in [-0.05, 0) is 19.4 Å². The van der Waals surface area contributed by atoms with Gasteiger partial charge in [-0.15, -0.1) is 0 Å². The molecule has 1 saturated heterocycles. The molecule has 0 spiro atoms. The Morgan fingerprint density at radius 3 is 2.58 bits per heavy atom. The van der Waals surface area contributed by atoms with Crippen LogP contribution in [0.1, 0.15) is 19.8 Å². The summed E-state index contributed by atoms with van der Waals surface area (Å²) >= 11 is 0. The number of primary amides is 1. The molecule has 0 aromatic heterocycles. The van der Waals surface area contributed by atoms with Crippen LogP contribution in [-0.2, 0) is 4.74 Å². The van der Waals surface area contributed by atoms with Crippen LogP contribution in [0.3, 0.4) is 0 Å². The number of hydrogen-bond acceptors (Lipinski definition) is 3. The van der Waals surface area contributed by atoms with Gasteiger partial charge in [-0.1, -0.05) is 6.92 Å². The zero-order valence-corrected chi connectivity index (χ0v) is 7.45. The van der Waals surface area contributed by atoms with Crippen molar-refractivity contribution in [2.24, 2.45) is 5.73 Å². The van der Waals surface area contributed by atoms with Crippen LogP contribution in [0, 0.1) is 0 Å². The summed E-state index contributed by atoms with van der Waals surface area (Å²) in [6.45, 7) is 5.22. The Morgan fingerprint density at radius 2 is 2.17 bits per heavy atom. The summed E-state index contributed by atoms with van der Waals surface area (Å²) in [6.07, 6.45) is 1.23. The lowest BCUT2D eigenvalue weighted by Gasteiger charge is -2.30. The number of rotatable bonds is 2. The summed E-state index contributed by atoms with van der Waals surface area (Å²) in [4.78, 5) is 12.7. The number of nitrogens with two attached hydrogens (primary N) is 1. The van der Waals surface area contributed by atoms with E-state index in [2.05, 4.69) is 11.8 Å². The van der Waals surface area contributed by atoms with Crippen molar-refractivity contribution in [2.75, 3.05) is 19.6 Å². The van der Waals surface area contributed by atoms with Gasteiger partial charge in [0, 0.05) is 13.1 Å². The first-order valence-electron chi connectivity index (χ1n) is 4.40. The van der Waals surface area contributed by atoms with Crippen molar-refractivity contribution < 1.29 is 9.53 Å². The highest BCUT2D eigenvalue weighted by Crippen LogP contribution is 2.12. The zero-order valence-electron chi connectivity index (χ0n) is 7.45. The maximum atomic E-state index is 10.4. The van der Waals surface area contributed by atoms with E-state index in [4.69, 9.17) is 10.5 Å². The minimum absolute atomic E-state index is 0.0466. The fourth-order valence-corrected chi connectivity index (χ4v) is 1.51. The van der Waals surface area contributed by atoms with Gasteiger partial charge in [-0.3, -0.25) is 0 Å². The van der Waals surface area contributed by atoms with Gasteiger partial charge in [0.15, 0.2) is 0 Å². The van der Waals surface area contributed by atoms with Crippen molar-refractivity contribution in [1.82, 2.24) is 4.90 Å². The molecule has 12 heavy (non-hydrogen) atoms. The molecule has 0 radical (unpaired) electrons. The summed E-state index contributed by atoms with van der Waals surface area (Å²) in [5.41, 5.74) is 4.92. The quantitative estimate of drug-likeness (QED) is 0.662. The highest BCUT2D eigenvalue weighted by Gasteiger charge is 2.19. The molecule has 1 heterocycles. The molecule has 0 aromatic rings. The third kappa shape index (κ3) is 2.70. The van der Waals surface area contributed by atoms with Crippen LogP contribution in [0.2, 0.25) is 0 Å². The molecule has 0 bridgehead atoms. The van der Waals surface area contributed by atoms with Gasteiger partial charge < -0.3 is 15.4 Å². The Balaban J connectivity index is 2.21. The lowest BCUT2D eigenvalue weighted by molar-refractivity contribution is 0.0579. The lowest BCUT2D eigenvalue weighted by Crippen LogP contribution is -2.38. The van der Waals surface area contributed by atoms with E-state index in [1.165, 1.54) is 0 Å². The molecule has 0 aliphatic carbocycles. The highest BCUT2D eigenvalue weighted by molar-refractivity contribution is 5.64. The largest absolute Gasteiger partial charge is 0.446 e. The number of carbonyl (C=O) groups is 1. The number of nitrogens with zero attached hydrogens (tertiary/aromatic N) is 1. The molecule has 0 aromatic carbocycles. The molecule has 4 heteroatoms. The van der Waals surface area contributed by atoms with Gasteiger partial charge in [-0.2, -0.15) is 0 Å². The second-order valence-electron chi connectivity index (χ2n) is 3.07. The van der Waals surface area contributed by atoms with Crippen LogP contribution in [0.5, 0.6) is 0 Å². The molecule has 1 rings (SSSR count). The van der Waals surface area contributed by atoms with Crippen molar-refractivity contribution >= 4 is 6.09 Å². The third-order valence-electron chi connectivity index (χ3n) is 2.26.